The second kappa shape index (κ2) is 10.2. The van der Waals surface area contributed by atoms with Gasteiger partial charge < -0.3 is 24.6 Å². The van der Waals surface area contributed by atoms with Crippen molar-refractivity contribution < 1.29 is 9.47 Å². The fourth-order valence-electron chi connectivity index (χ4n) is 4.08. The van der Waals surface area contributed by atoms with Crippen LogP contribution in [0.4, 0.5) is 0 Å². The van der Waals surface area contributed by atoms with Crippen LogP contribution in [-0.2, 0) is 15.9 Å². The summed E-state index contributed by atoms with van der Waals surface area (Å²) in [7, 11) is 6.12. The molecular formula is C22H36N4O2. The number of hydrogen-bond acceptors (Lipinski definition) is 4. The number of morpholine rings is 1. The Bertz CT molecular complexity index is 626. The van der Waals surface area contributed by atoms with Gasteiger partial charge >= 0.3 is 0 Å². The van der Waals surface area contributed by atoms with Gasteiger partial charge in [0.25, 0.3) is 0 Å². The third kappa shape index (κ3) is 5.25. The summed E-state index contributed by atoms with van der Waals surface area (Å²) < 4.78 is 11.8. The summed E-state index contributed by atoms with van der Waals surface area (Å²) in [5, 5.41) is 3.60. The molecule has 0 aliphatic carbocycles. The maximum absolute atomic E-state index is 5.98. The molecule has 1 aromatic carbocycles. The fourth-order valence-corrected chi connectivity index (χ4v) is 4.08. The minimum absolute atomic E-state index is 0.140. The maximum Gasteiger partial charge on any atom is 0.193 e. The van der Waals surface area contributed by atoms with Gasteiger partial charge in [0.05, 0.1) is 18.8 Å². The molecular weight excluding hydrogens is 352 g/mol. The molecule has 156 valence electrons. The summed E-state index contributed by atoms with van der Waals surface area (Å²) in [4.78, 5) is 9.11. The molecule has 1 aromatic rings. The van der Waals surface area contributed by atoms with Gasteiger partial charge in [0.1, 0.15) is 6.10 Å². The Morgan fingerprint density at radius 2 is 1.96 bits per heavy atom. The molecule has 0 bridgehead atoms. The van der Waals surface area contributed by atoms with Crippen LogP contribution < -0.4 is 5.32 Å². The third-order valence-corrected chi connectivity index (χ3v) is 5.83. The molecule has 0 amide bonds. The Kier molecular flexibility index (Phi) is 7.71. The highest BCUT2D eigenvalue weighted by Gasteiger charge is 2.32. The van der Waals surface area contributed by atoms with Gasteiger partial charge in [0.15, 0.2) is 5.96 Å². The monoisotopic (exact) mass is 388 g/mol. The molecule has 0 spiro atoms. The van der Waals surface area contributed by atoms with Gasteiger partial charge in [-0.3, -0.25) is 4.99 Å². The Morgan fingerprint density at radius 1 is 1.21 bits per heavy atom. The second-order valence-corrected chi connectivity index (χ2v) is 7.91. The predicted molar refractivity (Wildman–Crippen MR) is 114 cm³/mol. The van der Waals surface area contributed by atoms with Crippen LogP contribution in [0, 0.1) is 0 Å². The highest BCUT2D eigenvalue weighted by atomic mass is 16.5. The first-order chi connectivity index (χ1) is 13.6. The molecule has 0 saturated carbocycles. The number of benzene rings is 1. The summed E-state index contributed by atoms with van der Waals surface area (Å²) in [6, 6.07) is 9.24. The highest BCUT2D eigenvalue weighted by molar-refractivity contribution is 5.80. The van der Waals surface area contributed by atoms with E-state index >= 15 is 0 Å². The van der Waals surface area contributed by atoms with Gasteiger partial charge in [-0.2, -0.15) is 0 Å². The van der Waals surface area contributed by atoms with E-state index in [2.05, 4.69) is 65.4 Å². The highest BCUT2D eigenvalue weighted by Crippen LogP contribution is 2.22. The van der Waals surface area contributed by atoms with Crippen molar-refractivity contribution in [3.05, 3.63) is 35.4 Å². The summed E-state index contributed by atoms with van der Waals surface area (Å²) in [6.45, 7) is 6.28. The number of likely N-dealkylation sites (N-methyl/N-ethyl adjacent to an activating group) is 1. The van der Waals surface area contributed by atoms with E-state index in [1.165, 1.54) is 11.1 Å². The minimum atomic E-state index is 0.140. The quantitative estimate of drug-likeness (QED) is 0.599. The van der Waals surface area contributed by atoms with Crippen LogP contribution in [0.5, 0.6) is 0 Å². The molecule has 6 nitrogen and oxygen atoms in total. The lowest BCUT2D eigenvalue weighted by Crippen LogP contribution is -2.54. The number of guanidine groups is 1. The zero-order valence-electron chi connectivity index (χ0n) is 17.9. The van der Waals surface area contributed by atoms with Gasteiger partial charge in [-0.15, -0.1) is 0 Å². The molecule has 2 aliphatic heterocycles. The summed E-state index contributed by atoms with van der Waals surface area (Å²) >= 11 is 0. The van der Waals surface area contributed by atoms with Crippen molar-refractivity contribution in [2.24, 2.45) is 4.99 Å². The average Bonchev–Trinajstić information content (AvgIpc) is 3.26. The summed E-state index contributed by atoms with van der Waals surface area (Å²) in [5.41, 5.74) is 2.70. The van der Waals surface area contributed by atoms with E-state index in [1.807, 2.05) is 7.05 Å². The summed E-state index contributed by atoms with van der Waals surface area (Å²) in [6.07, 6.45) is 3.68. The minimum Gasteiger partial charge on any atom is -0.375 e. The SMILES string of the molecule is CCc1ccc(C(CNC(=NC)N2CCOC(C3CCCO3)C2)N(C)C)cc1. The van der Waals surface area contributed by atoms with Crippen molar-refractivity contribution >= 4 is 5.96 Å². The van der Waals surface area contributed by atoms with Crippen LogP contribution in [-0.4, -0.2) is 82.0 Å². The van der Waals surface area contributed by atoms with Crippen molar-refractivity contribution in [3.63, 3.8) is 0 Å². The van der Waals surface area contributed by atoms with Crippen LogP contribution >= 0.6 is 0 Å². The topological polar surface area (TPSA) is 49.3 Å². The molecule has 2 heterocycles. The average molecular weight is 389 g/mol. The molecule has 1 N–H and O–H groups in total. The van der Waals surface area contributed by atoms with Crippen molar-refractivity contribution in [3.8, 4) is 0 Å². The number of nitrogens with zero attached hydrogens (tertiary/aromatic N) is 3. The zero-order chi connectivity index (χ0) is 19.9. The van der Waals surface area contributed by atoms with Gasteiger partial charge in [-0.1, -0.05) is 31.2 Å². The standard InChI is InChI=1S/C22H36N4O2/c1-5-17-8-10-18(11-9-17)19(25(3)4)15-24-22(23-2)26-12-14-28-21(16-26)20-7-6-13-27-20/h8-11,19-21H,5-7,12-16H2,1-4H3,(H,23,24). The molecule has 28 heavy (non-hydrogen) atoms. The number of aliphatic imine (C=N–C) groups is 1. The lowest BCUT2D eigenvalue weighted by Gasteiger charge is -2.37. The van der Waals surface area contributed by atoms with Crippen LogP contribution in [0.15, 0.2) is 29.3 Å². The van der Waals surface area contributed by atoms with E-state index < -0.39 is 0 Å². The van der Waals surface area contributed by atoms with Crippen molar-refractivity contribution in [2.75, 3.05) is 54.0 Å². The molecule has 2 aliphatic rings. The molecule has 3 atom stereocenters. The third-order valence-electron chi connectivity index (χ3n) is 5.83. The Hall–Kier alpha value is -1.63. The first kappa shape index (κ1) is 21.1. The van der Waals surface area contributed by atoms with Gasteiger partial charge in [0.2, 0.25) is 0 Å². The largest absolute Gasteiger partial charge is 0.375 e. The van der Waals surface area contributed by atoms with Gasteiger partial charge in [-0.25, -0.2) is 0 Å². The molecule has 2 fully saturated rings. The molecule has 6 heteroatoms. The number of nitrogens with one attached hydrogen (secondary N) is 1. The molecule has 0 radical (unpaired) electrons. The number of ether oxygens (including phenoxy) is 2. The number of hydrogen-bond donors (Lipinski definition) is 1. The zero-order valence-corrected chi connectivity index (χ0v) is 17.9. The van der Waals surface area contributed by atoms with Crippen LogP contribution in [0.1, 0.15) is 36.9 Å². The Morgan fingerprint density at radius 3 is 2.57 bits per heavy atom. The van der Waals surface area contributed by atoms with Crippen molar-refractivity contribution in [1.29, 1.82) is 0 Å². The van der Waals surface area contributed by atoms with E-state index in [1.54, 1.807) is 0 Å². The van der Waals surface area contributed by atoms with E-state index in [0.717, 1.165) is 58.1 Å². The smallest absolute Gasteiger partial charge is 0.193 e. The Labute approximate surface area is 169 Å². The number of aryl methyl sites for hydroxylation is 1. The first-order valence-corrected chi connectivity index (χ1v) is 10.6. The molecule has 3 unspecified atom stereocenters. The van der Waals surface area contributed by atoms with Gasteiger partial charge in [0, 0.05) is 33.3 Å². The predicted octanol–water partition coefficient (Wildman–Crippen LogP) is 2.31. The van der Waals surface area contributed by atoms with Crippen molar-refractivity contribution in [1.82, 2.24) is 15.1 Å². The lowest BCUT2D eigenvalue weighted by molar-refractivity contribution is -0.0817. The van der Waals surface area contributed by atoms with Gasteiger partial charge in [-0.05, 0) is 44.5 Å². The van der Waals surface area contributed by atoms with E-state index in [9.17, 15) is 0 Å². The molecule has 2 saturated heterocycles. The molecule has 3 rings (SSSR count). The fraction of sp³-hybridized carbons (Fsp3) is 0.682. The Balaban J connectivity index is 1.60. The van der Waals surface area contributed by atoms with E-state index in [4.69, 9.17) is 9.47 Å². The first-order valence-electron chi connectivity index (χ1n) is 10.6. The molecule has 0 aromatic heterocycles. The van der Waals surface area contributed by atoms with Crippen molar-refractivity contribution in [2.45, 2.75) is 44.4 Å². The maximum atomic E-state index is 5.98. The van der Waals surface area contributed by atoms with E-state index in [0.29, 0.717) is 0 Å². The van der Waals surface area contributed by atoms with E-state index in [-0.39, 0.29) is 18.2 Å². The van der Waals surface area contributed by atoms with Crippen LogP contribution in [0.3, 0.4) is 0 Å². The normalized spacial score (nSPS) is 24.6. The summed E-state index contributed by atoms with van der Waals surface area (Å²) in [5.74, 6) is 0.948. The van der Waals surface area contributed by atoms with Crippen LogP contribution in [0.2, 0.25) is 0 Å². The second-order valence-electron chi connectivity index (χ2n) is 7.91. The lowest BCUT2D eigenvalue weighted by atomic mass is 10.0. The van der Waals surface area contributed by atoms with Crippen LogP contribution in [0.25, 0.3) is 0 Å². The number of rotatable bonds is 6.